The molecule has 0 spiro atoms. The monoisotopic (exact) mass is 1160 g/mol. The molecular formula is C52H37Cl2F7N18O3. The molecular weight excluding hydrogens is 1130 g/mol. The standard InChI is InChI=1S/2C17H11ClF2N6O.C17H11F3N6O.CH4/c3*1-8-2-4-12(10(19)6-8)21-14-15(24-17-16(23-14)25-27-26-17)22-13-5-3-9(18)7-11(13)20;/h3*2-7H,1H3,(H,21,23,25)(H,22,24,26);1H4. The van der Waals surface area contributed by atoms with Crippen LogP contribution in [0.5, 0.6) is 0 Å². The van der Waals surface area contributed by atoms with Gasteiger partial charge in [-0.1, -0.05) is 48.8 Å². The van der Waals surface area contributed by atoms with Crippen LogP contribution < -0.4 is 31.9 Å². The Balaban J connectivity index is 0.000000147. The van der Waals surface area contributed by atoms with Crippen molar-refractivity contribution in [3.63, 3.8) is 0 Å². The van der Waals surface area contributed by atoms with Crippen molar-refractivity contribution >= 4 is 126 Å². The first kappa shape index (κ1) is 56.4. The van der Waals surface area contributed by atoms with Crippen molar-refractivity contribution in [3.05, 3.63) is 177 Å². The van der Waals surface area contributed by atoms with Gasteiger partial charge >= 0.3 is 0 Å². The van der Waals surface area contributed by atoms with Crippen molar-refractivity contribution in [3.8, 4) is 0 Å². The maximum absolute atomic E-state index is 14.2. The summed E-state index contributed by atoms with van der Waals surface area (Å²) in [6.07, 6.45) is 0. The lowest BCUT2D eigenvalue weighted by Crippen LogP contribution is -2.05. The van der Waals surface area contributed by atoms with E-state index in [2.05, 4.69) is 107 Å². The highest BCUT2D eigenvalue weighted by Gasteiger charge is 2.20. The molecule has 0 amide bonds. The van der Waals surface area contributed by atoms with Gasteiger partial charge in [0.25, 0.3) is 0 Å². The number of rotatable bonds is 12. The number of hydrogen-bond acceptors (Lipinski definition) is 21. The predicted molar refractivity (Wildman–Crippen MR) is 291 cm³/mol. The molecule has 6 aromatic heterocycles. The van der Waals surface area contributed by atoms with Crippen molar-refractivity contribution in [2.45, 2.75) is 28.2 Å². The number of aryl methyl sites for hydroxylation is 3. The summed E-state index contributed by atoms with van der Waals surface area (Å²) >= 11 is 11.5. The number of benzene rings is 6. The Morgan fingerprint density at radius 3 is 0.756 bits per heavy atom. The minimum absolute atomic E-state index is 0. The van der Waals surface area contributed by atoms with Gasteiger partial charge in [0.1, 0.15) is 40.7 Å². The van der Waals surface area contributed by atoms with Gasteiger partial charge in [0, 0.05) is 16.1 Å². The highest BCUT2D eigenvalue weighted by Crippen LogP contribution is 2.33. The van der Waals surface area contributed by atoms with Gasteiger partial charge < -0.3 is 31.9 Å². The number of nitrogens with zero attached hydrogens (tertiary/aromatic N) is 12. The third-order valence-corrected chi connectivity index (χ3v) is 11.5. The summed E-state index contributed by atoms with van der Waals surface area (Å²) in [5.41, 5.74) is 3.52. The molecule has 6 N–H and O–H groups in total. The van der Waals surface area contributed by atoms with Crippen LogP contribution in [-0.2, 0) is 0 Å². The summed E-state index contributed by atoms with van der Waals surface area (Å²) in [4.78, 5) is 25.2. The molecule has 0 aliphatic rings. The largest absolute Gasteiger partial charge is 0.335 e. The quantitative estimate of drug-likeness (QED) is 0.0621. The Morgan fingerprint density at radius 1 is 0.305 bits per heavy atom. The molecule has 0 unspecified atom stereocenters. The minimum atomic E-state index is -0.831. The van der Waals surface area contributed by atoms with Crippen LogP contribution in [0.3, 0.4) is 0 Å². The molecule has 12 rings (SSSR count). The zero-order valence-electron chi connectivity index (χ0n) is 41.4. The first-order valence-corrected chi connectivity index (χ1v) is 24.0. The highest BCUT2D eigenvalue weighted by atomic mass is 35.5. The van der Waals surface area contributed by atoms with Gasteiger partial charge in [0.05, 0.1) is 34.1 Å². The molecule has 0 radical (unpaired) electrons. The Labute approximate surface area is 466 Å². The second-order valence-electron chi connectivity index (χ2n) is 17.1. The van der Waals surface area contributed by atoms with Crippen LogP contribution in [-0.4, -0.2) is 60.8 Å². The fourth-order valence-corrected chi connectivity index (χ4v) is 7.46. The van der Waals surface area contributed by atoms with E-state index in [1.54, 1.807) is 51.1 Å². The molecule has 30 heteroatoms. The Kier molecular flexibility index (Phi) is 16.7. The average molecular weight is 1170 g/mol. The fourth-order valence-electron chi connectivity index (χ4n) is 7.14. The molecule has 0 fully saturated rings. The summed E-state index contributed by atoms with van der Waals surface area (Å²) in [7, 11) is 0. The van der Waals surface area contributed by atoms with Crippen LogP contribution in [0.2, 0.25) is 10.0 Å². The molecule has 0 saturated carbocycles. The topological polar surface area (TPSA) is 266 Å². The molecule has 416 valence electrons. The van der Waals surface area contributed by atoms with Crippen LogP contribution in [0.4, 0.5) is 99.8 Å². The van der Waals surface area contributed by atoms with Crippen LogP contribution >= 0.6 is 23.2 Å². The van der Waals surface area contributed by atoms with Gasteiger partial charge in [-0.2, -0.15) is 0 Å². The third-order valence-electron chi connectivity index (χ3n) is 11.0. The maximum atomic E-state index is 14.2. The van der Waals surface area contributed by atoms with E-state index >= 15 is 0 Å². The summed E-state index contributed by atoms with van der Waals surface area (Å²) in [6, 6.07) is 25.2. The normalized spacial score (nSPS) is 10.8. The Bertz CT molecular complexity index is 3620. The summed E-state index contributed by atoms with van der Waals surface area (Å²) in [6.45, 7) is 5.30. The fraction of sp³-hybridized carbons (Fsp3) is 0.0769. The maximum Gasteiger partial charge on any atom is 0.245 e. The van der Waals surface area contributed by atoms with Crippen LogP contribution in [0.1, 0.15) is 24.1 Å². The van der Waals surface area contributed by atoms with E-state index in [1.807, 2.05) is 0 Å². The van der Waals surface area contributed by atoms with E-state index in [4.69, 9.17) is 23.2 Å². The first-order chi connectivity index (χ1) is 39.0. The Morgan fingerprint density at radius 2 is 0.524 bits per heavy atom. The number of fused-ring (bicyclic) bond motifs is 3. The van der Waals surface area contributed by atoms with Crippen molar-refractivity contribution in [1.29, 1.82) is 0 Å². The SMILES string of the molecule is C.Cc1ccc(Nc2nc3nonc3nc2Nc2ccc(Cl)cc2F)c(F)c1.Cc1ccc(Nc2nc3nonc3nc2Nc2ccc(Cl)cc2F)c(F)c1.Cc1ccc(Nc2nc3nonc3nc2Nc2ccc(F)cc2F)c(F)c1. The summed E-state index contributed by atoms with van der Waals surface area (Å²) in [5.74, 6) is -3.63. The second kappa shape index (κ2) is 24.3. The van der Waals surface area contributed by atoms with E-state index in [1.165, 1.54) is 54.6 Å². The lowest BCUT2D eigenvalue weighted by Gasteiger charge is -2.13. The molecule has 0 bridgehead atoms. The summed E-state index contributed by atoms with van der Waals surface area (Å²) in [5, 5.41) is 38.9. The zero-order valence-corrected chi connectivity index (χ0v) is 42.9. The molecule has 0 aliphatic heterocycles. The van der Waals surface area contributed by atoms with Gasteiger partial charge in [-0.05, 0) is 153 Å². The lowest BCUT2D eigenvalue weighted by molar-refractivity contribution is 0.314. The van der Waals surface area contributed by atoms with Gasteiger partial charge in [-0.15, -0.1) is 0 Å². The van der Waals surface area contributed by atoms with Crippen LogP contribution in [0.25, 0.3) is 33.9 Å². The number of anilines is 12. The minimum Gasteiger partial charge on any atom is -0.335 e. The van der Waals surface area contributed by atoms with E-state index in [0.717, 1.165) is 41.0 Å². The lowest BCUT2D eigenvalue weighted by atomic mass is 10.2. The molecule has 6 aromatic carbocycles. The zero-order chi connectivity index (χ0) is 56.9. The molecule has 82 heavy (non-hydrogen) atoms. The van der Waals surface area contributed by atoms with Crippen molar-refractivity contribution in [2.75, 3.05) is 31.9 Å². The van der Waals surface area contributed by atoms with E-state index in [0.29, 0.717) is 0 Å². The van der Waals surface area contributed by atoms with Crippen molar-refractivity contribution in [2.24, 2.45) is 0 Å². The van der Waals surface area contributed by atoms with Gasteiger partial charge in [-0.3, -0.25) is 0 Å². The molecule has 0 aliphatic carbocycles. The Hall–Kier alpha value is -10.4. The van der Waals surface area contributed by atoms with E-state index in [-0.39, 0.29) is 120 Å². The molecule has 6 heterocycles. The molecule has 21 nitrogen and oxygen atoms in total. The van der Waals surface area contributed by atoms with Crippen molar-refractivity contribution < 1.29 is 44.6 Å². The number of aromatic nitrogens is 12. The average Bonchev–Trinajstić information content (AvgIpc) is 4.34. The number of hydrogen-bond donors (Lipinski definition) is 6. The van der Waals surface area contributed by atoms with Gasteiger partial charge in [0.15, 0.2) is 34.9 Å². The molecule has 12 aromatic rings. The van der Waals surface area contributed by atoms with E-state index < -0.39 is 40.7 Å². The first-order valence-electron chi connectivity index (χ1n) is 23.2. The third kappa shape index (κ3) is 13.2. The number of nitrogens with one attached hydrogen (secondary N) is 6. The van der Waals surface area contributed by atoms with Crippen LogP contribution in [0.15, 0.2) is 123 Å². The van der Waals surface area contributed by atoms with Gasteiger partial charge in [-0.25, -0.2) is 74.5 Å². The molecule has 0 atom stereocenters. The van der Waals surface area contributed by atoms with Gasteiger partial charge in [0.2, 0.25) is 33.9 Å². The number of halogens is 9. The summed E-state index contributed by atoms with van der Waals surface area (Å²) < 4.78 is 112. The smallest absolute Gasteiger partial charge is 0.245 e. The second-order valence-corrected chi connectivity index (χ2v) is 17.9. The van der Waals surface area contributed by atoms with E-state index in [9.17, 15) is 30.7 Å². The predicted octanol–water partition coefficient (Wildman–Crippen LogP) is 14.3. The molecule has 0 saturated heterocycles. The van der Waals surface area contributed by atoms with Crippen LogP contribution in [0, 0.1) is 61.5 Å². The highest BCUT2D eigenvalue weighted by molar-refractivity contribution is 6.31. The van der Waals surface area contributed by atoms with Crippen molar-refractivity contribution in [1.82, 2.24) is 60.8 Å².